The summed E-state index contributed by atoms with van der Waals surface area (Å²) in [7, 11) is -3.72. The summed E-state index contributed by atoms with van der Waals surface area (Å²) in [6.45, 7) is 1.63. The Morgan fingerprint density at radius 1 is 1.24 bits per heavy atom. The zero-order chi connectivity index (χ0) is 13.1. The van der Waals surface area contributed by atoms with Crippen LogP contribution < -0.4 is 4.72 Å². The van der Waals surface area contributed by atoms with Crippen molar-refractivity contribution in [3.8, 4) is 0 Å². The van der Waals surface area contributed by atoms with Gasteiger partial charge in [0.15, 0.2) is 0 Å². The molecule has 0 fully saturated rings. The van der Waals surface area contributed by atoms with Crippen LogP contribution in [0, 0.1) is 0 Å². The Kier molecular flexibility index (Phi) is 4.03. The van der Waals surface area contributed by atoms with Crippen molar-refractivity contribution in [2.45, 2.75) is 19.5 Å². The molecule has 1 N–H and O–H groups in total. The molecule has 1 aromatic carbocycles. The summed E-state index contributed by atoms with van der Waals surface area (Å²) in [5.74, 6) is -0.209. The van der Waals surface area contributed by atoms with Crippen LogP contribution in [-0.4, -0.2) is 14.2 Å². The van der Waals surface area contributed by atoms with E-state index in [9.17, 15) is 21.6 Å². The lowest BCUT2D eigenvalue weighted by molar-refractivity contribution is -0.136. The maximum atomic E-state index is 12.6. The van der Waals surface area contributed by atoms with Gasteiger partial charge in [0.2, 0.25) is 10.0 Å². The standard InChI is InChI=1S/C10H12F3NO2S/c1-2-7-17(15,16)14-9-6-4-3-5-8(9)10(11,12)13/h3-6,14H,2,7H2,1H3. The smallest absolute Gasteiger partial charge is 0.283 e. The van der Waals surface area contributed by atoms with E-state index in [0.717, 1.165) is 12.1 Å². The van der Waals surface area contributed by atoms with Gasteiger partial charge in [-0.15, -0.1) is 0 Å². The fraction of sp³-hybridized carbons (Fsp3) is 0.400. The highest BCUT2D eigenvalue weighted by molar-refractivity contribution is 7.92. The number of halogens is 3. The third kappa shape index (κ3) is 3.92. The van der Waals surface area contributed by atoms with Gasteiger partial charge in [0, 0.05) is 0 Å². The van der Waals surface area contributed by atoms with Crippen LogP contribution in [0.15, 0.2) is 24.3 Å². The number of para-hydroxylation sites is 1. The van der Waals surface area contributed by atoms with Crippen LogP contribution >= 0.6 is 0 Å². The Hall–Kier alpha value is -1.24. The summed E-state index contributed by atoms with van der Waals surface area (Å²) in [4.78, 5) is 0. The highest BCUT2D eigenvalue weighted by atomic mass is 32.2. The average Bonchev–Trinajstić information content (AvgIpc) is 2.15. The molecule has 0 spiro atoms. The highest BCUT2D eigenvalue weighted by Gasteiger charge is 2.33. The van der Waals surface area contributed by atoms with Gasteiger partial charge in [0.25, 0.3) is 0 Å². The van der Waals surface area contributed by atoms with Gasteiger partial charge in [-0.1, -0.05) is 19.1 Å². The summed E-state index contributed by atoms with van der Waals surface area (Å²) in [5, 5.41) is 0. The Bertz CT molecular complexity index is 483. The van der Waals surface area contributed by atoms with E-state index >= 15 is 0 Å². The molecule has 3 nitrogen and oxygen atoms in total. The zero-order valence-electron chi connectivity index (χ0n) is 9.08. The molecule has 0 bridgehead atoms. The highest BCUT2D eigenvalue weighted by Crippen LogP contribution is 2.34. The van der Waals surface area contributed by atoms with Crippen LogP contribution in [-0.2, 0) is 16.2 Å². The zero-order valence-corrected chi connectivity index (χ0v) is 9.90. The Balaban J connectivity index is 3.08. The molecular weight excluding hydrogens is 255 g/mol. The number of hydrogen-bond acceptors (Lipinski definition) is 2. The molecule has 0 atom stereocenters. The lowest BCUT2D eigenvalue weighted by Gasteiger charge is -2.14. The number of sulfonamides is 1. The predicted octanol–water partition coefficient (Wildman–Crippen LogP) is 2.86. The van der Waals surface area contributed by atoms with Gasteiger partial charge in [-0.3, -0.25) is 4.72 Å². The lowest BCUT2D eigenvalue weighted by atomic mass is 10.2. The second kappa shape index (κ2) is 4.95. The van der Waals surface area contributed by atoms with E-state index in [1.165, 1.54) is 12.1 Å². The Labute approximate surface area is 97.7 Å². The second-order valence-corrected chi connectivity index (χ2v) is 5.31. The molecule has 1 aromatic rings. The maximum absolute atomic E-state index is 12.6. The minimum Gasteiger partial charge on any atom is -0.283 e. The SMILES string of the molecule is CCCS(=O)(=O)Nc1ccccc1C(F)(F)F. The van der Waals surface area contributed by atoms with Crippen molar-refractivity contribution in [2.75, 3.05) is 10.5 Å². The molecule has 0 amide bonds. The first-order chi connectivity index (χ1) is 7.76. The van der Waals surface area contributed by atoms with E-state index in [-0.39, 0.29) is 5.75 Å². The molecule has 0 heterocycles. The van der Waals surface area contributed by atoms with Crippen molar-refractivity contribution in [3.05, 3.63) is 29.8 Å². The van der Waals surface area contributed by atoms with E-state index < -0.39 is 27.5 Å². The van der Waals surface area contributed by atoms with Crippen molar-refractivity contribution in [2.24, 2.45) is 0 Å². The third-order valence-electron chi connectivity index (χ3n) is 1.97. The van der Waals surface area contributed by atoms with Crippen molar-refractivity contribution in [3.63, 3.8) is 0 Å². The molecule has 0 aromatic heterocycles. The molecule has 0 aliphatic heterocycles. The van der Waals surface area contributed by atoms with E-state index in [0.29, 0.717) is 6.42 Å². The third-order valence-corrected chi connectivity index (χ3v) is 3.45. The summed E-state index contributed by atoms with van der Waals surface area (Å²) >= 11 is 0. The number of benzene rings is 1. The first-order valence-corrected chi connectivity index (χ1v) is 6.58. The molecular formula is C10H12F3NO2S. The van der Waals surface area contributed by atoms with Gasteiger partial charge in [0.05, 0.1) is 17.0 Å². The van der Waals surface area contributed by atoms with Crippen LogP contribution in [0.25, 0.3) is 0 Å². The van der Waals surface area contributed by atoms with Crippen LogP contribution in [0.1, 0.15) is 18.9 Å². The van der Waals surface area contributed by atoms with Crippen LogP contribution in [0.3, 0.4) is 0 Å². The normalized spacial score (nSPS) is 12.5. The van der Waals surface area contributed by atoms with Gasteiger partial charge >= 0.3 is 6.18 Å². The molecule has 0 saturated carbocycles. The molecule has 0 radical (unpaired) electrons. The quantitative estimate of drug-likeness (QED) is 0.911. The molecule has 17 heavy (non-hydrogen) atoms. The lowest BCUT2D eigenvalue weighted by Crippen LogP contribution is -2.19. The summed E-state index contributed by atoms with van der Waals surface area (Å²) in [5.41, 5.74) is -1.42. The fourth-order valence-electron chi connectivity index (χ4n) is 1.31. The predicted molar refractivity (Wildman–Crippen MR) is 59.1 cm³/mol. The van der Waals surface area contributed by atoms with Gasteiger partial charge in [-0.2, -0.15) is 13.2 Å². The number of hydrogen-bond donors (Lipinski definition) is 1. The van der Waals surface area contributed by atoms with Crippen LogP contribution in [0.5, 0.6) is 0 Å². The number of alkyl halides is 3. The van der Waals surface area contributed by atoms with Gasteiger partial charge in [0.1, 0.15) is 0 Å². The average molecular weight is 267 g/mol. The Morgan fingerprint density at radius 2 is 1.82 bits per heavy atom. The van der Waals surface area contributed by atoms with Crippen LogP contribution in [0.2, 0.25) is 0 Å². The number of nitrogens with one attached hydrogen (secondary N) is 1. The minimum absolute atomic E-state index is 0.209. The molecule has 1 rings (SSSR count). The van der Waals surface area contributed by atoms with E-state index in [1.54, 1.807) is 6.92 Å². The van der Waals surface area contributed by atoms with E-state index in [2.05, 4.69) is 0 Å². The van der Waals surface area contributed by atoms with Crippen molar-refractivity contribution in [1.82, 2.24) is 0 Å². The largest absolute Gasteiger partial charge is 0.418 e. The molecule has 96 valence electrons. The first-order valence-electron chi connectivity index (χ1n) is 4.93. The summed E-state index contributed by atoms with van der Waals surface area (Å²) in [6.07, 6.45) is -4.24. The number of rotatable bonds is 4. The summed E-state index contributed by atoms with van der Waals surface area (Å²) in [6, 6.07) is 4.49. The molecule has 0 unspecified atom stereocenters. The van der Waals surface area contributed by atoms with Crippen molar-refractivity contribution >= 4 is 15.7 Å². The molecule has 0 saturated heterocycles. The monoisotopic (exact) mass is 267 g/mol. The summed E-state index contributed by atoms with van der Waals surface area (Å²) < 4.78 is 62.5. The first kappa shape index (κ1) is 13.8. The Morgan fingerprint density at radius 3 is 2.35 bits per heavy atom. The minimum atomic E-state index is -4.58. The fourth-order valence-corrected chi connectivity index (χ4v) is 2.46. The van der Waals surface area contributed by atoms with Gasteiger partial charge in [-0.05, 0) is 18.6 Å². The topological polar surface area (TPSA) is 46.2 Å². The van der Waals surface area contributed by atoms with E-state index in [1.807, 2.05) is 4.72 Å². The molecule has 7 heteroatoms. The van der Waals surface area contributed by atoms with E-state index in [4.69, 9.17) is 0 Å². The van der Waals surface area contributed by atoms with Crippen LogP contribution in [0.4, 0.5) is 18.9 Å². The molecule has 0 aliphatic rings. The molecule has 0 aliphatic carbocycles. The number of anilines is 1. The maximum Gasteiger partial charge on any atom is 0.418 e. The van der Waals surface area contributed by atoms with Gasteiger partial charge < -0.3 is 0 Å². The van der Waals surface area contributed by atoms with Gasteiger partial charge in [-0.25, -0.2) is 8.42 Å². The van der Waals surface area contributed by atoms with Crippen molar-refractivity contribution in [1.29, 1.82) is 0 Å². The van der Waals surface area contributed by atoms with Crippen molar-refractivity contribution < 1.29 is 21.6 Å². The second-order valence-electron chi connectivity index (χ2n) is 3.46.